The standard InChI is InChI=1S/C51H30N4O/c1-3-13-31(14-4-1)49-52-50(32-15-5-2-6-16-32)54-51(53-49)33-23-25-42-46(29-33)56-45-28-27-41-40-21-11-12-22-44(40)55(48(41)47(42)45)34-24-26-39-37-19-8-7-17-35(37)36-18-9-10-20-38(36)43(39)30-34/h1-30H. The van der Waals surface area contributed by atoms with E-state index < -0.39 is 0 Å². The summed E-state index contributed by atoms with van der Waals surface area (Å²) in [5.41, 5.74) is 7.71. The normalized spacial score (nSPS) is 11.9. The highest BCUT2D eigenvalue weighted by Crippen LogP contribution is 2.43. The molecule has 0 aliphatic rings. The SMILES string of the molecule is c1ccc(-c2nc(-c3ccccc3)nc(-c3ccc4c(c3)oc3ccc5c6ccccc6n(-c6ccc7c8ccccc8c8ccccc8c7c6)c5c34)n2)cc1. The molecule has 0 radical (unpaired) electrons. The fourth-order valence-electron chi connectivity index (χ4n) is 8.70. The molecule has 5 nitrogen and oxygen atoms in total. The van der Waals surface area contributed by atoms with Crippen LogP contribution in [0.25, 0.3) is 116 Å². The van der Waals surface area contributed by atoms with Crippen molar-refractivity contribution in [3.05, 3.63) is 182 Å². The predicted molar refractivity (Wildman–Crippen MR) is 230 cm³/mol. The monoisotopic (exact) mass is 714 g/mol. The Morgan fingerprint density at radius 3 is 1.48 bits per heavy atom. The first-order chi connectivity index (χ1) is 27.8. The minimum atomic E-state index is 0.593. The lowest BCUT2D eigenvalue weighted by atomic mass is 9.94. The van der Waals surface area contributed by atoms with Crippen LogP contribution in [-0.2, 0) is 0 Å². The summed E-state index contributed by atoms with van der Waals surface area (Å²) in [5, 5.41) is 12.0. The lowest BCUT2D eigenvalue weighted by Crippen LogP contribution is -2.00. The predicted octanol–water partition coefficient (Wildman–Crippen LogP) is 13.3. The van der Waals surface area contributed by atoms with Crippen LogP contribution in [0, 0.1) is 0 Å². The molecule has 0 atom stereocenters. The highest BCUT2D eigenvalue weighted by atomic mass is 16.3. The Morgan fingerprint density at radius 1 is 0.339 bits per heavy atom. The molecule has 0 fully saturated rings. The number of furan rings is 1. The fraction of sp³-hybridized carbons (Fsp3) is 0. The molecular formula is C51H30N4O. The molecule has 0 aliphatic heterocycles. The van der Waals surface area contributed by atoms with Gasteiger partial charge in [0.25, 0.3) is 0 Å². The van der Waals surface area contributed by atoms with E-state index in [1.165, 1.54) is 43.1 Å². The van der Waals surface area contributed by atoms with Gasteiger partial charge in [-0.05, 0) is 74.8 Å². The van der Waals surface area contributed by atoms with Crippen molar-refractivity contribution in [2.75, 3.05) is 0 Å². The molecule has 0 saturated carbocycles. The van der Waals surface area contributed by atoms with Gasteiger partial charge in [-0.3, -0.25) is 0 Å². The summed E-state index contributed by atoms with van der Waals surface area (Å²) in [6.07, 6.45) is 0. The summed E-state index contributed by atoms with van der Waals surface area (Å²) in [6, 6.07) is 63.9. The fourth-order valence-corrected chi connectivity index (χ4v) is 8.70. The van der Waals surface area contributed by atoms with Gasteiger partial charge in [-0.1, -0.05) is 140 Å². The molecule has 0 N–H and O–H groups in total. The molecule has 0 unspecified atom stereocenters. The zero-order valence-corrected chi connectivity index (χ0v) is 30.0. The van der Waals surface area contributed by atoms with Crippen molar-refractivity contribution in [1.82, 2.24) is 19.5 Å². The lowest BCUT2D eigenvalue weighted by molar-refractivity contribution is 0.669. The van der Waals surface area contributed by atoms with Crippen LogP contribution in [0.1, 0.15) is 0 Å². The van der Waals surface area contributed by atoms with E-state index >= 15 is 0 Å². The van der Waals surface area contributed by atoms with Gasteiger partial charge in [0.1, 0.15) is 11.2 Å². The zero-order valence-electron chi connectivity index (χ0n) is 30.0. The Kier molecular flexibility index (Phi) is 6.56. The van der Waals surface area contributed by atoms with Crippen LogP contribution in [-0.4, -0.2) is 19.5 Å². The van der Waals surface area contributed by atoms with Crippen molar-refractivity contribution < 1.29 is 4.42 Å². The number of hydrogen-bond donors (Lipinski definition) is 0. The van der Waals surface area contributed by atoms with Crippen LogP contribution in [0.5, 0.6) is 0 Å². The van der Waals surface area contributed by atoms with Crippen LogP contribution in [0.15, 0.2) is 186 Å². The van der Waals surface area contributed by atoms with Gasteiger partial charge in [-0.15, -0.1) is 0 Å². The van der Waals surface area contributed by atoms with Crippen LogP contribution in [0.3, 0.4) is 0 Å². The van der Waals surface area contributed by atoms with E-state index in [4.69, 9.17) is 19.4 Å². The molecule has 0 amide bonds. The molecule has 12 aromatic rings. The molecule has 0 bridgehead atoms. The number of rotatable bonds is 4. The number of nitrogens with zero attached hydrogens (tertiary/aromatic N) is 4. The average molecular weight is 715 g/mol. The lowest BCUT2D eigenvalue weighted by Gasteiger charge is -2.14. The second-order valence-electron chi connectivity index (χ2n) is 14.4. The summed E-state index contributed by atoms with van der Waals surface area (Å²) in [6.45, 7) is 0. The van der Waals surface area contributed by atoms with Crippen molar-refractivity contribution in [3.63, 3.8) is 0 Å². The third kappa shape index (κ3) is 4.58. The van der Waals surface area contributed by atoms with E-state index in [1.807, 2.05) is 60.7 Å². The minimum absolute atomic E-state index is 0.593. The molecule has 5 heteroatoms. The van der Waals surface area contributed by atoms with E-state index in [2.05, 4.69) is 126 Å². The highest BCUT2D eigenvalue weighted by Gasteiger charge is 2.21. The van der Waals surface area contributed by atoms with Crippen LogP contribution < -0.4 is 0 Å². The minimum Gasteiger partial charge on any atom is -0.456 e. The van der Waals surface area contributed by atoms with E-state index in [9.17, 15) is 0 Å². The first kappa shape index (κ1) is 30.8. The van der Waals surface area contributed by atoms with E-state index in [1.54, 1.807) is 0 Å². The van der Waals surface area contributed by atoms with Gasteiger partial charge in [0.15, 0.2) is 17.5 Å². The van der Waals surface area contributed by atoms with Crippen molar-refractivity contribution in [2.45, 2.75) is 0 Å². The van der Waals surface area contributed by atoms with Gasteiger partial charge in [0.2, 0.25) is 0 Å². The molecule has 12 rings (SSSR count). The maximum absolute atomic E-state index is 6.73. The summed E-state index contributed by atoms with van der Waals surface area (Å²) in [4.78, 5) is 14.9. The molecule has 260 valence electrons. The van der Waals surface area contributed by atoms with Crippen molar-refractivity contribution in [3.8, 4) is 39.9 Å². The Labute approximate surface area is 320 Å². The molecule has 0 spiro atoms. The summed E-state index contributed by atoms with van der Waals surface area (Å²) >= 11 is 0. The second-order valence-corrected chi connectivity index (χ2v) is 14.4. The number of hydrogen-bond acceptors (Lipinski definition) is 4. The van der Waals surface area contributed by atoms with Crippen molar-refractivity contribution >= 4 is 76.1 Å². The maximum Gasteiger partial charge on any atom is 0.164 e. The van der Waals surface area contributed by atoms with E-state index in [-0.39, 0.29) is 0 Å². The third-order valence-electron chi connectivity index (χ3n) is 11.2. The quantitative estimate of drug-likeness (QED) is 0.170. The third-order valence-corrected chi connectivity index (χ3v) is 11.2. The van der Waals surface area contributed by atoms with Crippen LogP contribution >= 0.6 is 0 Å². The van der Waals surface area contributed by atoms with Gasteiger partial charge in [-0.2, -0.15) is 0 Å². The van der Waals surface area contributed by atoms with E-state index in [0.29, 0.717) is 17.5 Å². The second kappa shape index (κ2) is 11.9. The highest BCUT2D eigenvalue weighted by molar-refractivity contribution is 6.27. The molecule has 0 aliphatic carbocycles. The molecular weight excluding hydrogens is 685 g/mol. The van der Waals surface area contributed by atoms with Gasteiger partial charge >= 0.3 is 0 Å². The smallest absolute Gasteiger partial charge is 0.164 e. The zero-order chi connectivity index (χ0) is 36.7. The Morgan fingerprint density at radius 2 is 0.839 bits per heavy atom. The number of aromatic nitrogens is 4. The first-order valence-corrected chi connectivity index (χ1v) is 18.9. The summed E-state index contributed by atoms with van der Waals surface area (Å²) in [7, 11) is 0. The molecule has 3 heterocycles. The number of para-hydroxylation sites is 1. The van der Waals surface area contributed by atoms with Crippen molar-refractivity contribution in [2.24, 2.45) is 0 Å². The molecule has 0 saturated heterocycles. The van der Waals surface area contributed by atoms with Gasteiger partial charge in [-0.25, -0.2) is 15.0 Å². The van der Waals surface area contributed by atoms with Gasteiger partial charge < -0.3 is 8.98 Å². The Bertz CT molecular complexity index is 3440. The molecule has 56 heavy (non-hydrogen) atoms. The molecule has 3 aromatic heterocycles. The average Bonchev–Trinajstić information content (AvgIpc) is 3.82. The topological polar surface area (TPSA) is 56.7 Å². The van der Waals surface area contributed by atoms with Gasteiger partial charge in [0, 0.05) is 38.5 Å². The summed E-state index contributed by atoms with van der Waals surface area (Å²) in [5.74, 6) is 1.85. The van der Waals surface area contributed by atoms with Crippen LogP contribution in [0.4, 0.5) is 0 Å². The van der Waals surface area contributed by atoms with Crippen LogP contribution in [0.2, 0.25) is 0 Å². The van der Waals surface area contributed by atoms with E-state index in [0.717, 1.165) is 55.3 Å². The Balaban J connectivity index is 1.10. The summed E-state index contributed by atoms with van der Waals surface area (Å²) < 4.78 is 9.15. The number of fused-ring (bicyclic) bond motifs is 13. The largest absolute Gasteiger partial charge is 0.456 e. The first-order valence-electron chi connectivity index (χ1n) is 18.9. The molecule has 9 aromatic carbocycles. The van der Waals surface area contributed by atoms with Gasteiger partial charge in [0.05, 0.1) is 16.4 Å². The Hall–Kier alpha value is -7.63. The maximum atomic E-state index is 6.73. The van der Waals surface area contributed by atoms with Crippen molar-refractivity contribution in [1.29, 1.82) is 0 Å². The number of benzene rings is 9.